The average Bonchev–Trinajstić information content (AvgIpc) is 2.76. The summed E-state index contributed by atoms with van der Waals surface area (Å²) >= 11 is 0. The van der Waals surface area contributed by atoms with E-state index in [0.29, 0.717) is 12.1 Å². The maximum atomic E-state index is 11.6. The molecule has 1 aromatic heterocycles. The van der Waals surface area contributed by atoms with Crippen molar-refractivity contribution in [2.75, 3.05) is 12.4 Å². The van der Waals surface area contributed by atoms with E-state index in [1.165, 1.54) is 0 Å². The number of rotatable bonds is 4. The van der Waals surface area contributed by atoms with Crippen LogP contribution in [0.15, 0.2) is 22.7 Å². The van der Waals surface area contributed by atoms with E-state index in [1.807, 2.05) is 39.0 Å². The summed E-state index contributed by atoms with van der Waals surface area (Å²) in [6, 6.07) is 5.59. The Morgan fingerprint density at radius 3 is 2.60 bits per heavy atom. The van der Waals surface area contributed by atoms with Crippen molar-refractivity contribution in [2.45, 2.75) is 27.3 Å². The van der Waals surface area contributed by atoms with Crippen LogP contribution in [0.25, 0.3) is 0 Å². The van der Waals surface area contributed by atoms with Crippen molar-refractivity contribution in [2.24, 2.45) is 0 Å². The molecule has 0 spiro atoms. The van der Waals surface area contributed by atoms with Crippen LogP contribution in [0.4, 0.5) is 5.69 Å². The molecule has 20 heavy (non-hydrogen) atoms. The summed E-state index contributed by atoms with van der Waals surface area (Å²) in [7, 11) is 1.63. The molecule has 0 aliphatic carbocycles. The average molecular weight is 273 g/mol. The van der Waals surface area contributed by atoms with Gasteiger partial charge in [0.2, 0.25) is 0 Å². The molecule has 106 valence electrons. The Morgan fingerprint density at radius 1 is 1.30 bits per heavy atom. The van der Waals surface area contributed by atoms with Crippen LogP contribution in [0.2, 0.25) is 0 Å². The number of hydrogen-bond donors (Lipinski definition) is 2. The van der Waals surface area contributed by atoms with Crippen molar-refractivity contribution in [3.63, 3.8) is 0 Å². The van der Waals surface area contributed by atoms with E-state index in [2.05, 4.69) is 15.8 Å². The van der Waals surface area contributed by atoms with Crippen LogP contribution in [0.5, 0.6) is 0 Å². The van der Waals surface area contributed by atoms with Gasteiger partial charge in [-0.2, -0.15) is 0 Å². The maximum absolute atomic E-state index is 11.6. The van der Waals surface area contributed by atoms with Gasteiger partial charge in [-0.25, -0.2) is 0 Å². The summed E-state index contributed by atoms with van der Waals surface area (Å²) < 4.78 is 5.14. The maximum Gasteiger partial charge on any atom is 0.251 e. The van der Waals surface area contributed by atoms with Gasteiger partial charge in [-0.1, -0.05) is 5.16 Å². The van der Waals surface area contributed by atoms with Crippen LogP contribution in [-0.4, -0.2) is 18.1 Å². The predicted molar refractivity (Wildman–Crippen MR) is 77.9 cm³/mol. The van der Waals surface area contributed by atoms with Gasteiger partial charge in [-0.15, -0.1) is 0 Å². The molecule has 1 amide bonds. The first-order valence-corrected chi connectivity index (χ1v) is 6.51. The van der Waals surface area contributed by atoms with E-state index in [-0.39, 0.29) is 5.91 Å². The third kappa shape index (κ3) is 2.82. The number of nitrogens with one attached hydrogen (secondary N) is 2. The molecule has 5 nitrogen and oxygen atoms in total. The summed E-state index contributed by atoms with van der Waals surface area (Å²) in [6.45, 7) is 6.46. The second-order valence-corrected chi connectivity index (χ2v) is 4.77. The number of amides is 1. The van der Waals surface area contributed by atoms with Gasteiger partial charge in [0.15, 0.2) is 0 Å². The zero-order valence-electron chi connectivity index (χ0n) is 12.2. The van der Waals surface area contributed by atoms with E-state index in [9.17, 15) is 4.79 Å². The number of anilines is 1. The molecule has 2 rings (SSSR count). The molecule has 0 aliphatic heterocycles. The highest BCUT2D eigenvalue weighted by molar-refractivity contribution is 5.94. The van der Waals surface area contributed by atoms with Gasteiger partial charge in [0.25, 0.3) is 5.91 Å². The Hall–Kier alpha value is -2.30. The van der Waals surface area contributed by atoms with Crippen LogP contribution < -0.4 is 10.6 Å². The SMILES string of the molecule is CNC(=O)c1ccc(NCc2c(C)noc2C)c(C)c1. The molecule has 0 unspecified atom stereocenters. The molecular weight excluding hydrogens is 254 g/mol. The first-order valence-electron chi connectivity index (χ1n) is 6.51. The second kappa shape index (κ2) is 5.77. The van der Waals surface area contributed by atoms with Gasteiger partial charge in [0.1, 0.15) is 5.76 Å². The van der Waals surface area contributed by atoms with Crippen molar-refractivity contribution >= 4 is 11.6 Å². The highest BCUT2D eigenvalue weighted by atomic mass is 16.5. The van der Waals surface area contributed by atoms with Gasteiger partial charge in [0, 0.05) is 30.4 Å². The molecule has 0 aliphatic rings. The Labute approximate surface area is 118 Å². The number of aromatic nitrogens is 1. The molecule has 0 radical (unpaired) electrons. The number of aryl methyl sites for hydroxylation is 3. The quantitative estimate of drug-likeness (QED) is 0.898. The molecule has 0 saturated heterocycles. The minimum atomic E-state index is -0.0784. The number of benzene rings is 1. The predicted octanol–water partition coefficient (Wildman–Crippen LogP) is 2.57. The zero-order valence-corrected chi connectivity index (χ0v) is 12.2. The first-order chi connectivity index (χ1) is 9.52. The minimum absolute atomic E-state index is 0.0784. The van der Waals surface area contributed by atoms with E-state index in [4.69, 9.17) is 4.52 Å². The van der Waals surface area contributed by atoms with Crippen molar-refractivity contribution < 1.29 is 9.32 Å². The Morgan fingerprint density at radius 2 is 2.05 bits per heavy atom. The zero-order chi connectivity index (χ0) is 14.7. The van der Waals surface area contributed by atoms with E-state index in [0.717, 1.165) is 28.3 Å². The lowest BCUT2D eigenvalue weighted by atomic mass is 10.1. The Balaban J connectivity index is 2.13. The Kier molecular flexibility index (Phi) is 4.08. The molecule has 0 bridgehead atoms. The van der Waals surface area contributed by atoms with Crippen LogP contribution in [0.1, 0.15) is 32.9 Å². The molecule has 0 saturated carbocycles. The van der Waals surface area contributed by atoms with E-state index >= 15 is 0 Å². The molecular formula is C15H19N3O2. The fourth-order valence-electron chi connectivity index (χ4n) is 2.09. The summed E-state index contributed by atoms with van der Waals surface area (Å²) in [5.74, 6) is 0.750. The van der Waals surface area contributed by atoms with Gasteiger partial charge in [0.05, 0.1) is 5.69 Å². The van der Waals surface area contributed by atoms with Crippen LogP contribution in [0.3, 0.4) is 0 Å². The smallest absolute Gasteiger partial charge is 0.251 e. The fraction of sp³-hybridized carbons (Fsp3) is 0.333. The summed E-state index contributed by atoms with van der Waals surface area (Å²) in [5, 5.41) is 9.90. The van der Waals surface area contributed by atoms with Crippen molar-refractivity contribution in [3.8, 4) is 0 Å². The first kappa shape index (κ1) is 14.1. The molecule has 2 aromatic rings. The highest BCUT2D eigenvalue weighted by Crippen LogP contribution is 2.19. The van der Waals surface area contributed by atoms with Crippen molar-refractivity contribution in [3.05, 3.63) is 46.3 Å². The topological polar surface area (TPSA) is 67.2 Å². The molecule has 1 heterocycles. The number of carbonyl (C=O) groups excluding carboxylic acids is 1. The van der Waals surface area contributed by atoms with Gasteiger partial charge >= 0.3 is 0 Å². The van der Waals surface area contributed by atoms with Crippen molar-refractivity contribution in [1.82, 2.24) is 10.5 Å². The molecule has 0 fully saturated rings. The van der Waals surface area contributed by atoms with Crippen molar-refractivity contribution in [1.29, 1.82) is 0 Å². The number of hydrogen-bond acceptors (Lipinski definition) is 4. The lowest BCUT2D eigenvalue weighted by molar-refractivity contribution is 0.0963. The van der Waals surface area contributed by atoms with E-state index < -0.39 is 0 Å². The lowest BCUT2D eigenvalue weighted by Gasteiger charge is -2.10. The Bertz CT molecular complexity index is 613. The monoisotopic (exact) mass is 273 g/mol. The van der Waals surface area contributed by atoms with Gasteiger partial charge in [-0.3, -0.25) is 4.79 Å². The van der Waals surface area contributed by atoms with Crippen LogP contribution in [0, 0.1) is 20.8 Å². The van der Waals surface area contributed by atoms with E-state index in [1.54, 1.807) is 7.05 Å². The third-order valence-electron chi connectivity index (χ3n) is 3.35. The minimum Gasteiger partial charge on any atom is -0.381 e. The normalized spacial score (nSPS) is 10.4. The lowest BCUT2D eigenvalue weighted by Crippen LogP contribution is -2.17. The van der Waals surface area contributed by atoms with Gasteiger partial charge < -0.3 is 15.2 Å². The summed E-state index contributed by atoms with van der Waals surface area (Å²) in [5.41, 5.74) is 4.65. The molecule has 5 heteroatoms. The highest BCUT2D eigenvalue weighted by Gasteiger charge is 2.10. The van der Waals surface area contributed by atoms with Crippen LogP contribution >= 0.6 is 0 Å². The second-order valence-electron chi connectivity index (χ2n) is 4.77. The summed E-state index contributed by atoms with van der Waals surface area (Å²) in [4.78, 5) is 11.6. The third-order valence-corrected chi connectivity index (χ3v) is 3.35. The fourth-order valence-corrected chi connectivity index (χ4v) is 2.09. The van der Waals surface area contributed by atoms with Crippen LogP contribution in [-0.2, 0) is 6.54 Å². The largest absolute Gasteiger partial charge is 0.381 e. The standard InChI is InChI=1S/C15H19N3O2/c1-9-7-12(15(19)16-4)5-6-14(9)17-8-13-10(2)18-20-11(13)3/h5-7,17H,8H2,1-4H3,(H,16,19). The number of nitrogens with zero attached hydrogens (tertiary/aromatic N) is 1. The molecule has 0 atom stereocenters. The summed E-state index contributed by atoms with van der Waals surface area (Å²) in [6.07, 6.45) is 0. The number of carbonyl (C=O) groups is 1. The molecule has 1 aromatic carbocycles. The molecule has 2 N–H and O–H groups in total. The van der Waals surface area contributed by atoms with Gasteiger partial charge in [-0.05, 0) is 44.5 Å².